The van der Waals surface area contributed by atoms with E-state index in [2.05, 4.69) is 6.07 Å². The van der Waals surface area contributed by atoms with Crippen molar-refractivity contribution in [3.8, 4) is 11.5 Å². The Morgan fingerprint density at radius 1 is 1.40 bits per heavy atom. The summed E-state index contributed by atoms with van der Waals surface area (Å²) in [6.07, 6.45) is -0.804. The van der Waals surface area contributed by atoms with Crippen LogP contribution in [0.1, 0.15) is 20.8 Å². The van der Waals surface area contributed by atoms with E-state index in [1.165, 1.54) is 18.2 Å². The zero-order valence-corrected chi connectivity index (χ0v) is 8.90. The third-order valence-electron chi connectivity index (χ3n) is 1.34. The van der Waals surface area contributed by atoms with E-state index < -0.39 is 11.8 Å². The van der Waals surface area contributed by atoms with Crippen LogP contribution < -0.4 is 4.74 Å². The molecule has 1 N–H and O–H groups in total. The van der Waals surface area contributed by atoms with E-state index in [-0.39, 0.29) is 11.5 Å². The van der Waals surface area contributed by atoms with E-state index in [0.29, 0.717) is 0 Å². The fraction of sp³-hybridized carbons (Fsp3) is 0.364. The van der Waals surface area contributed by atoms with Crippen LogP contribution in [0.5, 0.6) is 11.5 Å². The van der Waals surface area contributed by atoms with Gasteiger partial charge in [-0.3, -0.25) is 0 Å². The molecule has 0 aromatic heterocycles. The number of phenols is 1. The molecule has 0 atom stereocenters. The highest BCUT2D eigenvalue weighted by Gasteiger charge is 2.17. The summed E-state index contributed by atoms with van der Waals surface area (Å²) >= 11 is 0. The summed E-state index contributed by atoms with van der Waals surface area (Å²) in [6, 6.07) is 6.72. The average Bonchev–Trinajstić information content (AvgIpc) is 1.99. The zero-order valence-electron chi connectivity index (χ0n) is 8.90. The Morgan fingerprint density at radius 3 is 2.60 bits per heavy atom. The first kappa shape index (κ1) is 11.4. The summed E-state index contributed by atoms with van der Waals surface area (Å²) in [5, 5.41) is 9.10. The van der Waals surface area contributed by atoms with Gasteiger partial charge in [0, 0.05) is 6.07 Å². The van der Waals surface area contributed by atoms with Crippen LogP contribution in [0, 0.1) is 6.07 Å². The third-order valence-corrected chi connectivity index (χ3v) is 1.34. The first-order valence-electron chi connectivity index (χ1n) is 4.48. The van der Waals surface area contributed by atoms with Crippen molar-refractivity contribution >= 4 is 6.16 Å². The number of rotatable bonds is 1. The van der Waals surface area contributed by atoms with Crippen molar-refractivity contribution in [1.82, 2.24) is 0 Å². The molecule has 15 heavy (non-hydrogen) atoms. The second-order valence-corrected chi connectivity index (χ2v) is 3.99. The van der Waals surface area contributed by atoms with Gasteiger partial charge >= 0.3 is 6.16 Å². The van der Waals surface area contributed by atoms with Gasteiger partial charge in [-0.15, -0.1) is 0 Å². The summed E-state index contributed by atoms with van der Waals surface area (Å²) in [7, 11) is 0. The molecule has 0 saturated heterocycles. The number of hydrogen-bond acceptors (Lipinski definition) is 4. The summed E-state index contributed by atoms with van der Waals surface area (Å²) < 4.78 is 9.74. The topological polar surface area (TPSA) is 55.8 Å². The van der Waals surface area contributed by atoms with Gasteiger partial charge < -0.3 is 14.6 Å². The number of benzene rings is 1. The third kappa shape index (κ3) is 4.35. The molecule has 0 fully saturated rings. The van der Waals surface area contributed by atoms with Crippen molar-refractivity contribution in [3.05, 3.63) is 24.3 Å². The van der Waals surface area contributed by atoms with E-state index in [9.17, 15) is 4.79 Å². The lowest BCUT2D eigenvalue weighted by Crippen LogP contribution is -2.25. The van der Waals surface area contributed by atoms with Gasteiger partial charge in [-0.05, 0) is 39.0 Å². The summed E-state index contributed by atoms with van der Waals surface area (Å²) in [5.74, 6) is 0.181. The van der Waals surface area contributed by atoms with Gasteiger partial charge in [0.15, 0.2) is 0 Å². The smallest absolute Gasteiger partial charge is 0.508 e. The molecule has 0 aliphatic carbocycles. The summed E-state index contributed by atoms with van der Waals surface area (Å²) in [5.41, 5.74) is -0.600. The molecular weight excluding hydrogens is 196 g/mol. The van der Waals surface area contributed by atoms with E-state index in [1.807, 2.05) is 0 Å². The fourth-order valence-electron chi connectivity index (χ4n) is 0.864. The molecule has 0 spiro atoms. The fourth-order valence-corrected chi connectivity index (χ4v) is 0.864. The Morgan fingerprint density at radius 2 is 2.07 bits per heavy atom. The van der Waals surface area contributed by atoms with Crippen molar-refractivity contribution in [1.29, 1.82) is 0 Å². The van der Waals surface area contributed by atoms with Crippen molar-refractivity contribution in [2.24, 2.45) is 0 Å². The quantitative estimate of drug-likeness (QED) is 0.570. The van der Waals surface area contributed by atoms with Crippen molar-refractivity contribution < 1.29 is 19.4 Å². The SMILES string of the molecule is CC(C)(C)OC(=O)Oc1c[c]cc(O)c1. The van der Waals surface area contributed by atoms with E-state index in [1.54, 1.807) is 20.8 Å². The lowest BCUT2D eigenvalue weighted by Gasteiger charge is -2.18. The Labute approximate surface area is 88.4 Å². The van der Waals surface area contributed by atoms with Crippen molar-refractivity contribution in [2.45, 2.75) is 26.4 Å². The Kier molecular flexibility index (Phi) is 3.19. The molecule has 81 valence electrons. The number of aromatic hydroxyl groups is 1. The molecule has 0 heterocycles. The zero-order chi connectivity index (χ0) is 11.5. The summed E-state index contributed by atoms with van der Waals surface area (Å²) in [4.78, 5) is 11.2. The molecule has 4 heteroatoms. The highest BCUT2D eigenvalue weighted by molar-refractivity contribution is 5.64. The standard InChI is InChI=1S/C11H13O4/c1-11(2,3)15-10(13)14-9-6-4-5-8(12)7-9/h5-7,12H,1-3H3. The minimum absolute atomic E-state index is 0.0175. The molecule has 0 bridgehead atoms. The average molecular weight is 209 g/mol. The molecule has 0 unspecified atom stereocenters. The molecule has 1 radical (unpaired) electrons. The Bertz CT molecular complexity index is 352. The van der Waals surface area contributed by atoms with Crippen LogP contribution in [0.2, 0.25) is 0 Å². The second kappa shape index (κ2) is 4.21. The number of phenolic OH excluding ortho intramolecular Hbond substituents is 1. The Hall–Kier alpha value is -1.71. The number of ether oxygens (including phenoxy) is 2. The number of hydrogen-bond donors (Lipinski definition) is 1. The van der Waals surface area contributed by atoms with Crippen molar-refractivity contribution in [3.63, 3.8) is 0 Å². The lowest BCUT2D eigenvalue weighted by molar-refractivity contribution is 0.0206. The predicted molar refractivity (Wildman–Crippen MR) is 53.8 cm³/mol. The van der Waals surface area contributed by atoms with Crippen LogP contribution in [-0.4, -0.2) is 16.9 Å². The maximum atomic E-state index is 11.2. The molecule has 0 amide bonds. The van der Waals surface area contributed by atoms with E-state index >= 15 is 0 Å². The first-order chi connectivity index (χ1) is 6.87. The van der Waals surface area contributed by atoms with Gasteiger partial charge in [0.05, 0.1) is 0 Å². The highest BCUT2D eigenvalue weighted by Crippen LogP contribution is 2.18. The molecular formula is C11H13O4. The Balaban J connectivity index is 2.59. The molecule has 1 aromatic rings. The molecule has 0 saturated carbocycles. The molecule has 0 aliphatic rings. The van der Waals surface area contributed by atoms with E-state index in [4.69, 9.17) is 14.6 Å². The van der Waals surface area contributed by atoms with Crippen LogP contribution >= 0.6 is 0 Å². The van der Waals surface area contributed by atoms with Crippen molar-refractivity contribution in [2.75, 3.05) is 0 Å². The predicted octanol–water partition coefficient (Wildman–Crippen LogP) is 2.51. The van der Waals surface area contributed by atoms with Crippen LogP contribution in [0.3, 0.4) is 0 Å². The van der Waals surface area contributed by atoms with Crippen LogP contribution in [0.15, 0.2) is 18.2 Å². The van der Waals surface area contributed by atoms with Gasteiger partial charge in [-0.1, -0.05) is 0 Å². The van der Waals surface area contributed by atoms with Gasteiger partial charge in [0.25, 0.3) is 0 Å². The monoisotopic (exact) mass is 209 g/mol. The normalized spacial score (nSPS) is 10.9. The maximum absolute atomic E-state index is 11.2. The molecule has 1 rings (SSSR count). The number of carbonyl (C=O) groups excluding carboxylic acids is 1. The summed E-state index contributed by atoms with van der Waals surface area (Å²) in [6.45, 7) is 5.22. The van der Waals surface area contributed by atoms with Crippen LogP contribution in [0.25, 0.3) is 0 Å². The molecule has 4 nitrogen and oxygen atoms in total. The second-order valence-electron chi connectivity index (χ2n) is 3.99. The highest BCUT2D eigenvalue weighted by atomic mass is 16.7. The molecule has 0 aliphatic heterocycles. The number of carbonyl (C=O) groups is 1. The van der Waals surface area contributed by atoms with Gasteiger partial charge in [0.2, 0.25) is 0 Å². The minimum atomic E-state index is -0.804. The van der Waals surface area contributed by atoms with Gasteiger partial charge in [-0.25, -0.2) is 4.79 Å². The largest absolute Gasteiger partial charge is 0.514 e. The van der Waals surface area contributed by atoms with Gasteiger partial charge in [-0.2, -0.15) is 0 Å². The van der Waals surface area contributed by atoms with Crippen LogP contribution in [0.4, 0.5) is 4.79 Å². The first-order valence-corrected chi connectivity index (χ1v) is 4.48. The van der Waals surface area contributed by atoms with Crippen LogP contribution in [-0.2, 0) is 4.74 Å². The lowest BCUT2D eigenvalue weighted by atomic mass is 10.2. The molecule has 1 aromatic carbocycles. The minimum Gasteiger partial charge on any atom is -0.508 e. The van der Waals surface area contributed by atoms with E-state index in [0.717, 1.165) is 0 Å². The maximum Gasteiger partial charge on any atom is 0.514 e. The van der Waals surface area contributed by atoms with Gasteiger partial charge in [0.1, 0.15) is 17.1 Å².